The second-order valence-electron chi connectivity index (χ2n) is 11.2. The number of aliphatic hydroxyl groups is 1. The fourth-order valence-electron chi connectivity index (χ4n) is 6.85. The van der Waals surface area contributed by atoms with Crippen molar-refractivity contribution < 1.29 is 14.7 Å². The molecule has 1 aromatic rings. The molecule has 2 heterocycles. The number of carbonyl (C=O) groups is 2. The summed E-state index contributed by atoms with van der Waals surface area (Å²) >= 11 is 0. The molecule has 2 amide bonds. The first-order valence-corrected chi connectivity index (χ1v) is 13.6. The number of likely N-dealkylation sites (tertiary alicyclic amines) is 1. The number of piperidine rings is 1. The van der Waals surface area contributed by atoms with E-state index in [1.165, 1.54) is 6.42 Å². The van der Waals surface area contributed by atoms with Crippen molar-refractivity contribution in [3.8, 4) is 0 Å². The van der Waals surface area contributed by atoms with Crippen molar-refractivity contribution >= 4 is 28.9 Å². The van der Waals surface area contributed by atoms with Crippen molar-refractivity contribution in [2.24, 2.45) is 11.3 Å². The van der Waals surface area contributed by atoms with Gasteiger partial charge in [0.2, 0.25) is 17.5 Å². The molecule has 4 fully saturated rings. The first-order valence-electron chi connectivity index (χ1n) is 13.6. The van der Waals surface area contributed by atoms with Crippen molar-refractivity contribution in [3.05, 3.63) is 29.6 Å². The fraction of sp³-hybridized carbons (Fsp3) is 0.679. The summed E-state index contributed by atoms with van der Waals surface area (Å²) < 4.78 is 0. The molecule has 1 atom stereocenters. The van der Waals surface area contributed by atoms with Gasteiger partial charge in [0, 0.05) is 43.0 Å². The van der Waals surface area contributed by atoms with Gasteiger partial charge < -0.3 is 20.2 Å². The maximum Gasteiger partial charge on any atom is 0.230 e. The molecular formula is C28H38N4O3. The molecule has 188 valence electrons. The maximum atomic E-state index is 13.6. The van der Waals surface area contributed by atoms with Crippen LogP contribution in [0.3, 0.4) is 0 Å². The van der Waals surface area contributed by atoms with Gasteiger partial charge in [-0.1, -0.05) is 19.3 Å². The van der Waals surface area contributed by atoms with Crippen LogP contribution in [0.25, 0.3) is 4.85 Å². The molecule has 2 saturated carbocycles. The SMILES string of the molecule is [C-]#[N+]c1cc(NC(=O)C2CCCCC2)ccc1N1CCC[C@]2(CCN([C@H]3CC[C@H](O)CC3)C2=O)C1. The number of benzene rings is 1. The molecule has 0 aromatic heterocycles. The molecule has 35 heavy (non-hydrogen) atoms. The Bertz CT molecular complexity index is 990. The summed E-state index contributed by atoms with van der Waals surface area (Å²) in [6, 6.07) is 5.90. The largest absolute Gasteiger partial charge is 0.393 e. The van der Waals surface area contributed by atoms with Crippen LogP contribution < -0.4 is 10.2 Å². The van der Waals surface area contributed by atoms with Gasteiger partial charge in [-0.3, -0.25) is 9.59 Å². The van der Waals surface area contributed by atoms with Crippen LogP contribution in [0.4, 0.5) is 17.1 Å². The Balaban J connectivity index is 1.28. The van der Waals surface area contributed by atoms with Gasteiger partial charge in [-0.25, -0.2) is 4.85 Å². The fourth-order valence-corrected chi connectivity index (χ4v) is 6.85. The van der Waals surface area contributed by atoms with E-state index in [0.717, 1.165) is 89.4 Å². The first-order chi connectivity index (χ1) is 17.0. The highest BCUT2D eigenvalue weighted by Gasteiger charge is 2.50. The third-order valence-corrected chi connectivity index (χ3v) is 8.91. The molecule has 2 N–H and O–H groups in total. The average molecular weight is 479 g/mol. The predicted octanol–water partition coefficient (Wildman–Crippen LogP) is 4.88. The Morgan fingerprint density at radius 1 is 1.03 bits per heavy atom. The van der Waals surface area contributed by atoms with Gasteiger partial charge in [0.15, 0.2) is 0 Å². The van der Waals surface area contributed by atoms with E-state index in [2.05, 4.69) is 20.0 Å². The predicted molar refractivity (Wildman–Crippen MR) is 136 cm³/mol. The standard InChI is InChI=1S/C28H38N4O3/c1-29-24-18-21(30-26(34)20-6-3-2-4-7-20)8-13-25(24)31-16-5-14-28(19-31)15-17-32(27(28)35)22-9-11-23(33)12-10-22/h8,13,18,20,22-23,33H,2-7,9-12,14-17,19H2,(H,30,34)/t22-,23-,28-/m0/s1. The van der Waals surface area contributed by atoms with E-state index in [-0.39, 0.29) is 35.3 Å². The van der Waals surface area contributed by atoms with Crippen molar-refractivity contribution in [2.45, 2.75) is 89.2 Å². The molecule has 7 nitrogen and oxygen atoms in total. The van der Waals surface area contributed by atoms with Crippen molar-refractivity contribution in [3.63, 3.8) is 0 Å². The summed E-state index contributed by atoms with van der Waals surface area (Å²) in [6.45, 7) is 10.1. The topological polar surface area (TPSA) is 77.2 Å². The number of nitrogens with zero attached hydrogens (tertiary/aromatic N) is 3. The molecule has 1 aromatic carbocycles. The molecule has 5 rings (SSSR count). The van der Waals surface area contributed by atoms with Gasteiger partial charge in [-0.15, -0.1) is 0 Å². The molecule has 7 heteroatoms. The van der Waals surface area contributed by atoms with Crippen LogP contribution in [0.2, 0.25) is 0 Å². The Kier molecular flexibility index (Phi) is 7.02. The number of carbonyl (C=O) groups excluding carboxylic acids is 2. The summed E-state index contributed by atoms with van der Waals surface area (Å²) in [4.78, 5) is 34.4. The van der Waals surface area contributed by atoms with Crippen LogP contribution in [-0.2, 0) is 9.59 Å². The smallest absolute Gasteiger partial charge is 0.230 e. The highest BCUT2D eigenvalue weighted by Crippen LogP contribution is 2.45. The maximum absolute atomic E-state index is 13.6. The zero-order chi connectivity index (χ0) is 24.4. The Hall–Kier alpha value is -2.59. The van der Waals surface area contributed by atoms with Gasteiger partial charge >= 0.3 is 0 Å². The zero-order valence-electron chi connectivity index (χ0n) is 20.7. The average Bonchev–Trinajstić information content (AvgIpc) is 3.19. The second kappa shape index (κ2) is 10.2. The van der Waals surface area contributed by atoms with Gasteiger partial charge in [0.05, 0.1) is 18.1 Å². The van der Waals surface area contributed by atoms with Crippen molar-refractivity contribution in [1.29, 1.82) is 0 Å². The van der Waals surface area contributed by atoms with E-state index in [9.17, 15) is 14.7 Å². The monoisotopic (exact) mass is 478 g/mol. The van der Waals surface area contributed by atoms with E-state index in [1.54, 1.807) is 6.07 Å². The number of aliphatic hydroxyl groups excluding tert-OH is 1. The van der Waals surface area contributed by atoms with Crippen LogP contribution in [0.5, 0.6) is 0 Å². The Morgan fingerprint density at radius 3 is 2.54 bits per heavy atom. The minimum Gasteiger partial charge on any atom is -0.393 e. The molecule has 4 aliphatic rings. The quantitative estimate of drug-likeness (QED) is 0.605. The third kappa shape index (κ3) is 4.91. The summed E-state index contributed by atoms with van der Waals surface area (Å²) in [5, 5.41) is 12.9. The first kappa shape index (κ1) is 24.1. The number of nitrogens with one attached hydrogen (secondary N) is 1. The van der Waals surface area contributed by atoms with Crippen LogP contribution in [0, 0.1) is 17.9 Å². The number of rotatable bonds is 4. The summed E-state index contributed by atoms with van der Waals surface area (Å²) in [5.41, 5.74) is 1.71. The minimum absolute atomic E-state index is 0.0668. The molecule has 0 unspecified atom stereocenters. The van der Waals surface area contributed by atoms with E-state index in [1.807, 2.05) is 12.1 Å². The number of anilines is 2. The van der Waals surface area contributed by atoms with Gasteiger partial charge in [0.25, 0.3) is 0 Å². The van der Waals surface area contributed by atoms with Crippen LogP contribution in [0.1, 0.15) is 77.0 Å². The van der Waals surface area contributed by atoms with Crippen LogP contribution >= 0.6 is 0 Å². The summed E-state index contributed by atoms with van der Waals surface area (Å²) in [7, 11) is 0. The molecule has 2 aliphatic carbocycles. The highest BCUT2D eigenvalue weighted by atomic mass is 16.3. The summed E-state index contributed by atoms with van der Waals surface area (Å²) in [5.74, 6) is 0.409. The normalized spacial score (nSPS) is 29.9. The van der Waals surface area contributed by atoms with E-state index in [4.69, 9.17) is 6.57 Å². The molecule has 2 aliphatic heterocycles. The molecule has 0 bridgehead atoms. The van der Waals surface area contributed by atoms with Gasteiger partial charge in [-0.05, 0) is 76.0 Å². The molecule has 2 saturated heterocycles. The van der Waals surface area contributed by atoms with E-state index in [0.29, 0.717) is 17.9 Å². The second-order valence-corrected chi connectivity index (χ2v) is 11.2. The third-order valence-electron chi connectivity index (χ3n) is 8.91. The number of hydrogen-bond acceptors (Lipinski definition) is 4. The molecule has 1 spiro atoms. The van der Waals surface area contributed by atoms with Gasteiger partial charge in [-0.2, -0.15) is 0 Å². The zero-order valence-corrected chi connectivity index (χ0v) is 20.7. The number of amides is 2. The molecular weight excluding hydrogens is 440 g/mol. The lowest BCUT2D eigenvalue weighted by atomic mass is 9.78. The number of hydrogen-bond donors (Lipinski definition) is 2. The lowest BCUT2D eigenvalue weighted by Crippen LogP contribution is -2.50. The van der Waals surface area contributed by atoms with Crippen molar-refractivity contribution in [2.75, 3.05) is 29.9 Å². The lowest BCUT2D eigenvalue weighted by Gasteiger charge is -2.42. The van der Waals surface area contributed by atoms with E-state index >= 15 is 0 Å². The van der Waals surface area contributed by atoms with Crippen LogP contribution in [0.15, 0.2) is 18.2 Å². The Labute approximate surface area is 208 Å². The summed E-state index contributed by atoms with van der Waals surface area (Å²) in [6.07, 6.45) is 11.2. The Morgan fingerprint density at radius 2 is 1.80 bits per heavy atom. The van der Waals surface area contributed by atoms with E-state index < -0.39 is 0 Å². The lowest BCUT2D eigenvalue weighted by molar-refractivity contribution is -0.139. The highest BCUT2D eigenvalue weighted by molar-refractivity contribution is 5.94. The van der Waals surface area contributed by atoms with Crippen molar-refractivity contribution in [1.82, 2.24) is 4.90 Å². The van der Waals surface area contributed by atoms with Crippen LogP contribution in [-0.4, -0.2) is 53.6 Å². The minimum atomic E-state index is -0.374. The molecule has 0 radical (unpaired) electrons. The van der Waals surface area contributed by atoms with Gasteiger partial charge in [0.1, 0.15) is 0 Å².